The van der Waals surface area contributed by atoms with Gasteiger partial charge in [-0.2, -0.15) is 0 Å². The number of carbonyl (C=O) groups excluding carboxylic acids is 2. The number of likely N-dealkylation sites (tertiary alicyclic amines) is 1. The first-order chi connectivity index (χ1) is 13.9. The number of hydrogen-bond donors (Lipinski definition) is 2. The molecule has 0 radical (unpaired) electrons. The van der Waals surface area contributed by atoms with Crippen molar-refractivity contribution in [3.05, 3.63) is 63.6 Å². The summed E-state index contributed by atoms with van der Waals surface area (Å²) >= 11 is 12.0. The van der Waals surface area contributed by atoms with Gasteiger partial charge in [-0.05, 0) is 67.7 Å². The number of benzene rings is 2. The predicted molar refractivity (Wildman–Crippen MR) is 117 cm³/mol. The maximum absolute atomic E-state index is 12.3. The third-order valence-corrected chi connectivity index (χ3v) is 5.90. The van der Waals surface area contributed by atoms with Gasteiger partial charge in [-0.25, -0.2) is 0 Å². The smallest absolute Gasteiger partial charge is 0.228 e. The molecule has 2 aromatic carbocycles. The molecule has 3 rings (SSSR count). The van der Waals surface area contributed by atoms with Crippen LogP contribution in [0.3, 0.4) is 0 Å². The van der Waals surface area contributed by atoms with Crippen molar-refractivity contribution in [1.82, 2.24) is 4.90 Å². The van der Waals surface area contributed by atoms with Crippen LogP contribution >= 0.6 is 23.2 Å². The Morgan fingerprint density at radius 1 is 1.07 bits per heavy atom. The third kappa shape index (κ3) is 6.46. The number of nitrogens with one attached hydrogen (secondary N) is 1. The van der Waals surface area contributed by atoms with Gasteiger partial charge in [-0.1, -0.05) is 41.4 Å². The van der Waals surface area contributed by atoms with Gasteiger partial charge in [0.15, 0.2) is 0 Å². The van der Waals surface area contributed by atoms with Gasteiger partial charge in [0.2, 0.25) is 11.8 Å². The Balaban J connectivity index is 1.45. The van der Waals surface area contributed by atoms with Gasteiger partial charge in [0.1, 0.15) is 0 Å². The van der Waals surface area contributed by atoms with Crippen LogP contribution in [0.5, 0.6) is 0 Å². The number of primary amides is 1. The standard InChI is InChI=1S/C22H25Cl2N3O2/c23-18-4-3-17(20(24)14-18)13-21(28)26-19-5-1-15(2-6-19)7-10-27-11-8-16(9-12-27)22(25)29/h1-6,14,16H,7-13H2,(H2,25,29)(H,26,28). The number of carbonyl (C=O) groups is 2. The van der Waals surface area contributed by atoms with E-state index < -0.39 is 0 Å². The monoisotopic (exact) mass is 433 g/mol. The number of piperidine rings is 1. The summed E-state index contributed by atoms with van der Waals surface area (Å²) in [6.45, 7) is 2.77. The first-order valence-electron chi connectivity index (χ1n) is 9.75. The zero-order chi connectivity index (χ0) is 20.8. The molecule has 2 amide bonds. The Kier molecular flexibility index (Phi) is 7.53. The topological polar surface area (TPSA) is 75.4 Å². The van der Waals surface area contributed by atoms with Crippen molar-refractivity contribution < 1.29 is 9.59 Å². The Morgan fingerprint density at radius 2 is 1.76 bits per heavy atom. The highest BCUT2D eigenvalue weighted by atomic mass is 35.5. The van der Waals surface area contributed by atoms with E-state index in [0.29, 0.717) is 10.0 Å². The lowest BCUT2D eigenvalue weighted by Gasteiger charge is -2.30. The molecule has 0 saturated carbocycles. The summed E-state index contributed by atoms with van der Waals surface area (Å²) in [5.41, 5.74) is 8.09. The minimum atomic E-state index is -0.180. The minimum Gasteiger partial charge on any atom is -0.369 e. The number of halogens is 2. The molecule has 0 unspecified atom stereocenters. The first-order valence-corrected chi connectivity index (χ1v) is 10.5. The van der Waals surface area contributed by atoms with Crippen molar-refractivity contribution in [3.8, 4) is 0 Å². The van der Waals surface area contributed by atoms with E-state index in [0.717, 1.165) is 50.1 Å². The van der Waals surface area contributed by atoms with Crippen LogP contribution in [0.1, 0.15) is 24.0 Å². The van der Waals surface area contributed by atoms with Crippen LogP contribution in [-0.4, -0.2) is 36.3 Å². The molecule has 154 valence electrons. The van der Waals surface area contributed by atoms with Crippen molar-refractivity contribution in [2.24, 2.45) is 11.7 Å². The fraction of sp³-hybridized carbons (Fsp3) is 0.364. The largest absolute Gasteiger partial charge is 0.369 e. The molecule has 0 atom stereocenters. The molecule has 0 aliphatic carbocycles. The maximum atomic E-state index is 12.3. The van der Waals surface area contributed by atoms with E-state index in [9.17, 15) is 9.59 Å². The van der Waals surface area contributed by atoms with Crippen LogP contribution in [-0.2, 0) is 22.4 Å². The zero-order valence-electron chi connectivity index (χ0n) is 16.2. The summed E-state index contributed by atoms with van der Waals surface area (Å²) in [5, 5.41) is 3.93. The normalized spacial score (nSPS) is 15.2. The van der Waals surface area contributed by atoms with E-state index >= 15 is 0 Å². The summed E-state index contributed by atoms with van der Waals surface area (Å²) in [6.07, 6.45) is 2.81. The second kappa shape index (κ2) is 10.1. The van der Waals surface area contributed by atoms with Crippen LogP contribution < -0.4 is 11.1 Å². The third-order valence-electron chi connectivity index (χ3n) is 5.31. The lowest BCUT2D eigenvalue weighted by molar-refractivity contribution is -0.123. The van der Waals surface area contributed by atoms with Gasteiger partial charge in [0, 0.05) is 28.2 Å². The lowest BCUT2D eigenvalue weighted by atomic mass is 9.96. The molecule has 29 heavy (non-hydrogen) atoms. The van der Waals surface area contributed by atoms with Crippen LogP contribution in [0, 0.1) is 5.92 Å². The van der Waals surface area contributed by atoms with Gasteiger partial charge >= 0.3 is 0 Å². The SMILES string of the molecule is NC(=O)C1CCN(CCc2ccc(NC(=O)Cc3ccc(Cl)cc3Cl)cc2)CC1. The van der Waals surface area contributed by atoms with Gasteiger partial charge in [0.25, 0.3) is 0 Å². The van der Waals surface area contributed by atoms with Crippen LogP contribution in [0.25, 0.3) is 0 Å². The van der Waals surface area contributed by atoms with Crippen LogP contribution in [0.15, 0.2) is 42.5 Å². The van der Waals surface area contributed by atoms with Crippen LogP contribution in [0.4, 0.5) is 5.69 Å². The molecule has 1 saturated heterocycles. The molecule has 2 aromatic rings. The molecule has 7 heteroatoms. The van der Waals surface area contributed by atoms with E-state index in [2.05, 4.69) is 10.2 Å². The molecule has 3 N–H and O–H groups in total. The highest BCUT2D eigenvalue weighted by molar-refractivity contribution is 6.35. The Labute approximate surface area is 181 Å². The highest BCUT2D eigenvalue weighted by Crippen LogP contribution is 2.22. The number of hydrogen-bond acceptors (Lipinski definition) is 3. The van der Waals surface area contributed by atoms with Crippen LogP contribution in [0.2, 0.25) is 10.0 Å². The van der Waals surface area contributed by atoms with Crippen molar-refractivity contribution in [2.75, 3.05) is 25.0 Å². The number of rotatable bonds is 7. The molecule has 1 aliphatic heterocycles. The summed E-state index contributed by atoms with van der Waals surface area (Å²) in [6, 6.07) is 13.0. The Bertz CT molecular complexity index is 863. The molecular formula is C22H25Cl2N3O2. The molecule has 0 spiro atoms. The maximum Gasteiger partial charge on any atom is 0.228 e. The van der Waals surface area contributed by atoms with Crippen molar-refractivity contribution in [2.45, 2.75) is 25.7 Å². The van der Waals surface area contributed by atoms with E-state index in [1.54, 1.807) is 18.2 Å². The highest BCUT2D eigenvalue weighted by Gasteiger charge is 2.22. The first kappa shape index (κ1) is 21.6. The molecule has 1 aliphatic rings. The van der Waals surface area contributed by atoms with E-state index in [1.165, 1.54) is 5.56 Å². The second-order valence-electron chi connectivity index (χ2n) is 7.43. The molecule has 1 heterocycles. The number of anilines is 1. The number of nitrogens with two attached hydrogens (primary N) is 1. The minimum absolute atomic E-state index is 0.0249. The fourth-order valence-electron chi connectivity index (χ4n) is 3.53. The Hall–Kier alpha value is -2.08. The summed E-state index contributed by atoms with van der Waals surface area (Å²) < 4.78 is 0. The lowest BCUT2D eigenvalue weighted by Crippen LogP contribution is -2.39. The molecule has 1 fully saturated rings. The molecular weight excluding hydrogens is 409 g/mol. The Morgan fingerprint density at radius 3 is 2.38 bits per heavy atom. The quantitative estimate of drug-likeness (QED) is 0.694. The van der Waals surface area contributed by atoms with Crippen molar-refractivity contribution in [3.63, 3.8) is 0 Å². The van der Waals surface area contributed by atoms with Crippen molar-refractivity contribution >= 4 is 40.7 Å². The summed E-state index contributed by atoms with van der Waals surface area (Å²) in [5.74, 6) is -0.281. The zero-order valence-corrected chi connectivity index (χ0v) is 17.7. The second-order valence-corrected chi connectivity index (χ2v) is 8.27. The van der Waals surface area contributed by atoms with E-state index in [-0.39, 0.29) is 24.2 Å². The fourth-order valence-corrected chi connectivity index (χ4v) is 4.00. The van der Waals surface area contributed by atoms with Gasteiger partial charge < -0.3 is 16.0 Å². The summed E-state index contributed by atoms with van der Waals surface area (Å²) in [7, 11) is 0. The molecule has 0 bridgehead atoms. The number of nitrogens with zero attached hydrogens (tertiary/aromatic N) is 1. The predicted octanol–water partition coefficient (Wildman–Crippen LogP) is 3.91. The van der Waals surface area contributed by atoms with Gasteiger partial charge in [-0.15, -0.1) is 0 Å². The molecule has 0 aromatic heterocycles. The van der Waals surface area contributed by atoms with E-state index in [4.69, 9.17) is 28.9 Å². The van der Waals surface area contributed by atoms with Crippen molar-refractivity contribution in [1.29, 1.82) is 0 Å². The molecule has 5 nitrogen and oxygen atoms in total. The van der Waals surface area contributed by atoms with Gasteiger partial charge in [0.05, 0.1) is 6.42 Å². The van der Waals surface area contributed by atoms with Gasteiger partial charge in [-0.3, -0.25) is 9.59 Å². The average Bonchev–Trinajstić information content (AvgIpc) is 2.70. The summed E-state index contributed by atoms with van der Waals surface area (Å²) in [4.78, 5) is 25.9. The average molecular weight is 434 g/mol. The number of amides is 2. The van der Waals surface area contributed by atoms with E-state index in [1.807, 2.05) is 24.3 Å².